The van der Waals surface area contributed by atoms with Crippen molar-refractivity contribution < 1.29 is 10.2 Å². The van der Waals surface area contributed by atoms with Crippen LogP contribution in [0.3, 0.4) is 0 Å². The Kier molecular flexibility index (Phi) is 38.6. The highest BCUT2D eigenvalue weighted by Crippen LogP contribution is 2.20. The predicted octanol–water partition coefficient (Wildman–Crippen LogP) is 14.4. The molecule has 0 fully saturated rings. The fraction of sp³-hybridized carbons (Fsp3) is 1.00. The predicted molar refractivity (Wildman–Crippen MR) is 211 cm³/mol. The number of aliphatic hydroxyl groups is 2. The van der Waals surface area contributed by atoms with E-state index in [2.05, 4.69) is 33.0 Å². The van der Waals surface area contributed by atoms with Crippen LogP contribution in [0.4, 0.5) is 0 Å². The first-order valence-corrected chi connectivity index (χ1v) is 22.2. The van der Waals surface area contributed by atoms with Crippen molar-refractivity contribution in [2.24, 2.45) is 5.92 Å². The van der Waals surface area contributed by atoms with Gasteiger partial charge in [0.2, 0.25) is 0 Å². The summed E-state index contributed by atoms with van der Waals surface area (Å²) in [5.41, 5.74) is 0. The molecular weight excluding hydrogens is 574 g/mol. The van der Waals surface area contributed by atoms with E-state index in [9.17, 15) is 10.2 Å². The van der Waals surface area contributed by atoms with Crippen LogP contribution in [0.25, 0.3) is 0 Å². The monoisotopic (exact) mass is 666 g/mol. The lowest BCUT2D eigenvalue weighted by Gasteiger charge is -2.30. The molecule has 0 aliphatic heterocycles. The van der Waals surface area contributed by atoms with E-state index in [0.29, 0.717) is 0 Å². The molecular formula is C44H91NO2. The average molecular weight is 666 g/mol. The molecule has 0 radical (unpaired) electrons. The zero-order chi connectivity index (χ0) is 34.5. The summed E-state index contributed by atoms with van der Waals surface area (Å²) in [7, 11) is 0. The van der Waals surface area contributed by atoms with Gasteiger partial charge < -0.3 is 10.2 Å². The number of rotatable bonds is 40. The maximum atomic E-state index is 11.0. The number of aliphatic hydroxyl groups excluding tert-OH is 2. The van der Waals surface area contributed by atoms with E-state index < -0.39 is 6.23 Å². The van der Waals surface area contributed by atoms with E-state index in [0.717, 1.165) is 25.7 Å². The maximum Gasteiger partial charge on any atom is 0.105 e. The maximum absolute atomic E-state index is 11.0. The van der Waals surface area contributed by atoms with Gasteiger partial charge in [-0.15, -0.1) is 0 Å². The summed E-state index contributed by atoms with van der Waals surface area (Å²) in [6.07, 6.45) is 47.7. The second-order valence-corrected chi connectivity index (χ2v) is 15.7. The Balaban J connectivity index is 3.55. The van der Waals surface area contributed by atoms with Crippen LogP contribution < -0.4 is 5.32 Å². The third kappa shape index (κ3) is 34.1. The van der Waals surface area contributed by atoms with Gasteiger partial charge in [0.25, 0.3) is 0 Å². The first-order chi connectivity index (χ1) is 23.1. The molecule has 0 aromatic rings. The van der Waals surface area contributed by atoms with Gasteiger partial charge in [0.1, 0.15) is 6.23 Å². The molecule has 284 valence electrons. The summed E-state index contributed by atoms with van der Waals surface area (Å²) in [6, 6.07) is -0.00719. The van der Waals surface area contributed by atoms with Crippen molar-refractivity contribution in [2.75, 3.05) is 0 Å². The number of hydrogen-bond acceptors (Lipinski definition) is 3. The molecule has 0 rings (SSSR count). The highest BCUT2D eigenvalue weighted by atomic mass is 16.3. The summed E-state index contributed by atoms with van der Waals surface area (Å²) in [5.74, 6) is 0.285. The van der Waals surface area contributed by atoms with Gasteiger partial charge in [0, 0.05) is 6.04 Å². The van der Waals surface area contributed by atoms with Crippen molar-refractivity contribution in [3.8, 4) is 0 Å². The molecule has 4 atom stereocenters. The van der Waals surface area contributed by atoms with Gasteiger partial charge in [-0.2, -0.15) is 0 Å². The zero-order valence-electron chi connectivity index (χ0n) is 33.2. The highest BCUT2D eigenvalue weighted by molar-refractivity contribution is 4.80. The van der Waals surface area contributed by atoms with Crippen molar-refractivity contribution in [1.82, 2.24) is 5.32 Å². The largest absolute Gasteiger partial charge is 0.391 e. The SMILES string of the molecule is CCCCCCCCCCCCCCCCCCCCCCCC(O)NC(CC)C(O)C(C)CCCCCCCCCCCCCC. The zero-order valence-corrected chi connectivity index (χ0v) is 33.2. The molecule has 0 heterocycles. The van der Waals surface area contributed by atoms with Gasteiger partial charge in [-0.1, -0.05) is 233 Å². The Morgan fingerprint density at radius 2 is 0.617 bits per heavy atom. The van der Waals surface area contributed by atoms with Crippen LogP contribution in [-0.2, 0) is 0 Å². The first kappa shape index (κ1) is 46.9. The molecule has 4 unspecified atom stereocenters. The number of hydrogen-bond donors (Lipinski definition) is 3. The molecule has 0 saturated carbocycles. The standard InChI is InChI=1S/C44H91NO2/c1-5-8-10-12-14-16-18-20-21-22-23-24-25-26-27-28-30-32-34-36-38-40-43(46)45-42(7-3)44(47)41(4)39-37-35-33-31-29-19-17-15-13-11-9-6-2/h41-47H,5-40H2,1-4H3. The van der Waals surface area contributed by atoms with Gasteiger partial charge in [0.05, 0.1) is 6.10 Å². The fourth-order valence-corrected chi connectivity index (χ4v) is 7.43. The molecule has 0 amide bonds. The van der Waals surface area contributed by atoms with Crippen LogP contribution in [0, 0.1) is 5.92 Å². The lowest BCUT2D eigenvalue weighted by atomic mass is 9.91. The fourth-order valence-electron chi connectivity index (χ4n) is 7.43. The Morgan fingerprint density at radius 1 is 0.362 bits per heavy atom. The minimum Gasteiger partial charge on any atom is -0.391 e. The lowest BCUT2D eigenvalue weighted by Crippen LogP contribution is -2.47. The van der Waals surface area contributed by atoms with E-state index in [-0.39, 0.29) is 18.1 Å². The van der Waals surface area contributed by atoms with Crippen LogP contribution in [-0.4, -0.2) is 28.6 Å². The molecule has 3 nitrogen and oxygen atoms in total. The van der Waals surface area contributed by atoms with Crippen molar-refractivity contribution in [1.29, 1.82) is 0 Å². The smallest absolute Gasteiger partial charge is 0.105 e. The van der Waals surface area contributed by atoms with Gasteiger partial charge >= 0.3 is 0 Å². The Bertz CT molecular complexity index is 569. The van der Waals surface area contributed by atoms with Crippen LogP contribution in [0.5, 0.6) is 0 Å². The molecule has 0 aliphatic carbocycles. The van der Waals surface area contributed by atoms with E-state index in [1.165, 1.54) is 205 Å². The highest BCUT2D eigenvalue weighted by Gasteiger charge is 2.24. The third-order valence-corrected chi connectivity index (χ3v) is 10.9. The van der Waals surface area contributed by atoms with E-state index >= 15 is 0 Å². The van der Waals surface area contributed by atoms with E-state index in [1.807, 2.05) is 0 Å². The normalized spacial score (nSPS) is 14.4. The molecule has 0 spiro atoms. The van der Waals surface area contributed by atoms with Crippen LogP contribution in [0.2, 0.25) is 0 Å². The molecule has 0 saturated heterocycles. The first-order valence-electron chi connectivity index (χ1n) is 22.2. The van der Waals surface area contributed by atoms with Gasteiger partial charge in [0.15, 0.2) is 0 Å². The third-order valence-electron chi connectivity index (χ3n) is 10.9. The summed E-state index contributed by atoms with van der Waals surface area (Å²) in [6.45, 7) is 8.91. The summed E-state index contributed by atoms with van der Waals surface area (Å²) < 4.78 is 0. The molecule has 3 heteroatoms. The topological polar surface area (TPSA) is 52.5 Å². The molecule has 47 heavy (non-hydrogen) atoms. The lowest BCUT2D eigenvalue weighted by molar-refractivity contribution is 0.0293. The van der Waals surface area contributed by atoms with Gasteiger partial charge in [-0.05, 0) is 31.6 Å². The van der Waals surface area contributed by atoms with E-state index in [4.69, 9.17) is 0 Å². The van der Waals surface area contributed by atoms with Crippen molar-refractivity contribution >= 4 is 0 Å². The molecule has 0 bridgehead atoms. The summed E-state index contributed by atoms with van der Waals surface area (Å²) in [4.78, 5) is 0. The van der Waals surface area contributed by atoms with Crippen molar-refractivity contribution in [2.45, 2.75) is 277 Å². The quantitative estimate of drug-likeness (QED) is 0.0451. The van der Waals surface area contributed by atoms with Crippen molar-refractivity contribution in [3.63, 3.8) is 0 Å². The minimum absolute atomic E-state index is 0.00719. The molecule has 3 N–H and O–H groups in total. The van der Waals surface area contributed by atoms with Crippen LogP contribution in [0.15, 0.2) is 0 Å². The molecule has 0 aliphatic rings. The summed E-state index contributed by atoms with van der Waals surface area (Å²) >= 11 is 0. The second-order valence-electron chi connectivity index (χ2n) is 15.7. The number of unbranched alkanes of at least 4 members (excludes halogenated alkanes) is 31. The van der Waals surface area contributed by atoms with Crippen LogP contribution >= 0.6 is 0 Å². The van der Waals surface area contributed by atoms with Gasteiger partial charge in [-0.25, -0.2) is 0 Å². The Labute approximate surface area is 298 Å². The Morgan fingerprint density at radius 3 is 0.894 bits per heavy atom. The number of nitrogens with one attached hydrogen (secondary N) is 1. The van der Waals surface area contributed by atoms with Gasteiger partial charge in [-0.3, -0.25) is 5.32 Å². The average Bonchev–Trinajstić information content (AvgIpc) is 3.07. The summed E-state index contributed by atoms with van der Waals surface area (Å²) in [5, 5.41) is 24.9. The molecule has 0 aromatic carbocycles. The Hall–Kier alpha value is -0.120. The van der Waals surface area contributed by atoms with E-state index in [1.54, 1.807) is 0 Å². The second kappa shape index (κ2) is 38.7. The van der Waals surface area contributed by atoms with Crippen LogP contribution in [0.1, 0.15) is 259 Å². The minimum atomic E-state index is -0.492. The molecule has 0 aromatic heterocycles. The van der Waals surface area contributed by atoms with Crippen molar-refractivity contribution in [3.05, 3.63) is 0 Å².